The Hall–Kier alpha value is -1.72. The SMILES string of the molecule is CC1CCCN(c2ccc(C(F)(F)F)cc2C(=N)N)CC1. The zero-order valence-corrected chi connectivity index (χ0v) is 12.0. The summed E-state index contributed by atoms with van der Waals surface area (Å²) in [5.41, 5.74) is 5.52. The van der Waals surface area contributed by atoms with Gasteiger partial charge in [-0.2, -0.15) is 13.2 Å². The highest BCUT2D eigenvalue weighted by molar-refractivity contribution is 6.00. The Morgan fingerprint density at radius 2 is 2.00 bits per heavy atom. The first-order valence-corrected chi connectivity index (χ1v) is 7.09. The summed E-state index contributed by atoms with van der Waals surface area (Å²) in [5.74, 6) is 0.290. The van der Waals surface area contributed by atoms with E-state index in [4.69, 9.17) is 11.1 Å². The molecular weight excluding hydrogens is 279 g/mol. The van der Waals surface area contributed by atoms with E-state index in [-0.39, 0.29) is 11.4 Å². The molecule has 3 nitrogen and oxygen atoms in total. The highest BCUT2D eigenvalue weighted by Gasteiger charge is 2.31. The molecule has 1 fully saturated rings. The maximum absolute atomic E-state index is 12.8. The Morgan fingerprint density at radius 1 is 1.29 bits per heavy atom. The van der Waals surface area contributed by atoms with Gasteiger partial charge in [0.05, 0.1) is 5.56 Å². The van der Waals surface area contributed by atoms with Gasteiger partial charge in [0, 0.05) is 24.3 Å². The molecular formula is C15H20F3N3. The van der Waals surface area contributed by atoms with Crippen LogP contribution in [0, 0.1) is 11.3 Å². The number of alkyl halides is 3. The zero-order chi connectivity index (χ0) is 15.6. The number of halogens is 3. The molecule has 1 unspecified atom stereocenters. The highest BCUT2D eigenvalue weighted by Crippen LogP contribution is 2.33. The third kappa shape index (κ3) is 3.68. The number of nitrogen functional groups attached to an aromatic ring is 1. The zero-order valence-electron chi connectivity index (χ0n) is 12.0. The molecule has 0 aliphatic carbocycles. The van der Waals surface area contributed by atoms with Crippen molar-refractivity contribution in [3.05, 3.63) is 29.3 Å². The van der Waals surface area contributed by atoms with Crippen molar-refractivity contribution in [2.45, 2.75) is 32.4 Å². The fourth-order valence-corrected chi connectivity index (χ4v) is 2.71. The van der Waals surface area contributed by atoms with E-state index in [0.29, 0.717) is 11.6 Å². The predicted molar refractivity (Wildman–Crippen MR) is 77.7 cm³/mol. The van der Waals surface area contributed by atoms with Crippen molar-refractivity contribution in [2.24, 2.45) is 11.7 Å². The van der Waals surface area contributed by atoms with Crippen molar-refractivity contribution in [1.82, 2.24) is 0 Å². The van der Waals surface area contributed by atoms with Gasteiger partial charge in [-0.05, 0) is 43.4 Å². The quantitative estimate of drug-likeness (QED) is 0.647. The van der Waals surface area contributed by atoms with E-state index in [2.05, 4.69) is 6.92 Å². The minimum atomic E-state index is -4.42. The molecule has 0 amide bonds. The summed E-state index contributed by atoms with van der Waals surface area (Å²) in [6.07, 6.45) is -1.31. The third-order valence-electron chi connectivity index (χ3n) is 3.97. The van der Waals surface area contributed by atoms with Crippen molar-refractivity contribution < 1.29 is 13.2 Å². The molecule has 21 heavy (non-hydrogen) atoms. The number of amidine groups is 1. The van der Waals surface area contributed by atoms with Crippen molar-refractivity contribution in [1.29, 1.82) is 5.41 Å². The monoisotopic (exact) mass is 299 g/mol. The molecule has 1 aromatic rings. The summed E-state index contributed by atoms with van der Waals surface area (Å²) in [4.78, 5) is 2.04. The average molecular weight is 299 g/mol. The van der Waals surface area contributed by atoms with E-state index in [1.54, 1.807) is 0 Å². The molecule has 2 rings (SSSR count). The molecule has 3 N–H and O–H groups in total. The van der Waals surface area contributed by atoms with Crippen LogP contribution in [0.1, 0.15) is 37.3 Å². The molecule has 0 saturated carbocycles. The van der Waals surface area contributed by atoms with Crippen LogP contribution in [0.3, 0.4) is 0 Å². The molecule has 0 bridgehead atoms. The standard InChI is InChI=1S/C15H20F3N3/c1-10-3-2-7-21(8-6-10)13-5-4-11(15(16,17)18)9-12(13)14(19)20/h4-5,9-10H,2-3,6-8H2,1H3,(H3,19,20). The second kappa shape index (κ2) is 5.95. The van der Waals surface area contributed by atoms with E-state index in [9.17, 15) is 13.2 Å². The maximum Gasteiger partial charge on any atom is 0.416 e. The Labute approximate surface area is 122 Å². The van der Waals surface area contributed by atoms with Gasteiger partial charge in [-0.1, -0.05) is 6.92 Å². The van der Waals surface area contributed by atoms with Gasteiger partial charge in [0.25, 0.3) is 0 Å². The molecule has 1 atom stereocenters. The van der Waals surface area contributed by atoms with E-state index < -0.39 is 11.7 Å². The molecule has 0 radical (unpaired) electrons. The van der Waals surface area contributed by atoms with E-state index in [1.165, 1.54) is 6.07 Å². The number of rotatable bonds is 2. The number of hydrogen-bond acceptors (Lipinski definition) is 2. The molecule has 1 heterocycles. The number of benzene rings is 1. The number of hydrogen-bond donors (Lipinski definition) is 2. The molecule has 1 aromatic carbocycles. The van der Waals surface area contributed by atoms with Gasteiger partial charge >= 0.3 is 6.18 Å². The molecule has 1 aliphatic rings. The van der Waals surface area contributed by atoms with Crippen LogP contribution in [0.25, 0.3) is 0 Å². The largest absolute Gasteiger partial charge is 0.416 e. The lowest BCUT2D eigenvalue weighted by atomic mass is 10.0. The second-order valence-corrected chi connectivity index (χ2v) is 5.67. The Kier molecular flexibility index (Phi) is 4.44. The van der Waals surface area contributed by atoms with Gasteiger partial charge < -0.3 is 10.6 Å². The average Bonchev–Trinajstić information content (AvgIpc) is 2.61. The number of nitrogens with zero attached hydrogens (tertiary/aromatic N) is 1. The van der Waals surface area contributed by atoms with Crippen LogP contribution in [0.5, 0.6) is 0 Å². The first-order chi connectivity index (χ1) is 9.79. The molecule has 1 saturated heterocycles. The fraction of sp³-hybridized carbons (Fsp3) is 0.533. The van der Waals surface area contributed by atoms with Gasteiger partial charge in [-0.25, -0.2) is 0 Å². The van der Waals surface area contributed by atoms with Crippen LogP contribution in [0.15, 0.2) is 18.2 Å². The summed E-state index contributed by atoms with van der Waals surface area (Å²) >= 11 is 0. The normalized spacial score (nSPS) is 20.2. The maximum atomic E-state index is 12.8. The van der Waals surface area contributed by atoms with E-state index in [1.807, 2.05) is 4.90 Å². The van der Waals surface area contributed by atoms with Crippen LogP contribution in [-0.2, 0) is 6.18 Å². The minimum absolute atomic E-state index is 0.166. The lowest BCUT2D eigenvalue weighted by Crippen LogP contribution is -2.28. The number of nitrogens with one attached hydrogen (secondary N) is 1. The lowest BCUT2D eigenvalue weighted by molar-refractivity contribution is -0.137. The smallest absolute Gasteiger partial charge is 0.384 e. The van der Waals surface area contributed by atoms with Gasteiger partial charge in [-0.3, -0.25) is 5.41 Å². The minimum Gasteiger partial charge on any atom is -0.384 e. The summed E-state index contributed by atoms with van der Waals surface area (Å²) in [6.45, 7) is 3.75. The van der Waals surface area contributed by atoms with Gasteiger partial charge in [0.1, 0.15) is 5.84 Å². The summed E-state index contributed by atoms with van der Waals surface area (Å²) < 4.78 is 38.4. The van der Waals surface area contributed by atoms with Crippen molar-refractivity contribution in [3.63, 3.8) is 0 Å². The first kappa shape index (κ1) is 15.7. The van der Waals surface area contributed by atoms with Crippen molar-refractivity contribution in [2.75, 3.05) is 18.0 Å². The van der Waals surface area contributed by atoms with Crippen LogP contribution in [-0.4, -0.2) is 18.9 Å². The van der Waals surface area contributed by atoms with Crippen molar-refractivity contribution in [3.8, 4) is 0 Å². The lowest BCUT2D eigenvalue weighted by Gasteiger charge is -2.26. The first-order valence-electron chi connectivity index (χ1n) is 7.09. The second-order valence-electron chi connectivity index (χ2n) is 5.67. The van der Waals surface area contributed by atoms with Gasteiger partial charge in [0.2, 0.25) is 0 Å². The highest BCUT2D eigenvalue weighted by atomic mass is 19.4. The molecule has 116 valence electrons. The third-order valence-corrected chi connectivity index (χ3v) is 3.97. The Morgan fingerprint density at radius 3 is 2.62 bits per heavy atom. The molecule has 6 heteroatoms. The fourth-order valence-electron chi connectivity index (χ4n) is 2.71. The molecule has 0 aromatic heterocycles. The van der Waals surface area contributed by atoms with Crippen LogP contribution >= 0.6 is 0 Å². The topological polar surface area (TPSA) is 53.1 Å². The van der Waals surface area contributed by atoms with Gasteiger partial charge in [0.15, 0.2) is 0 Å². The molecule has 1 aliphatic heterocycles. The predicted octanol–water partition coefficient (Wildman–Crippen LogP) is 3.62. The summed E-state index contributed by atoms with van der Waals surface area (Å²) in [7, 11) is 0. The Balaban J connectivity index is 2.36. The van der Waals surface area contributed by atoms with Crippen LogP contribution in [0.4, 0.5) is 18.9 Å². The van der Waals surface area contributed by atoms with Crippen molar-refractivity contribution >= 4 is 11.5 Å². The Bertz CT molecular complexity index is 525. The van der Waals surface area contributed by atoms with Crippen LogP contribution < -0.4 is 10.6 Å². The summed E-state index contributed by atoms with van der Waals surface area (Å²) in [6, 6.07) is 3.48. The van der Waals surface area contributed by atoms with E-state index >= 15 is 0 Å². The number of anilines is 1. The van der Waals surface area contributed by atoms with Crippen LogP contribution in [0.2, 0.25) is 0 Å². The summed E-state index contributed by atoms with van der Waals surface area (Å²) in [5, 5.41) is 7.57. The number of nitrogens with two attached hydrogens (primary N) is 1. The van der Waals surface area contributed by atoms with E-state index in [0.717, 1.165) is 44.5 Å². The van der Waals surface area contributed by atoms with Gasteiger partial charge in [-0.15, -0.1) is 0 Å². The molecule has 0 spiro atoms.